The highest BCUT2D eigenvalue weighted by molar-refractivity contribution is 5.13. The van der Waals surface area contributed by atoms with E-state index in [1.165, 1.54) is 26.5 Å². The van der Waals surface area contributed by atoms with E-state index >= 15 is 0 Å². The number of nitrogens with zero attached hydrogens (tertiary/aromatic N) is 1. The Balaban J connectivity index is 2.82. The van der Waals surface area contributed by atoms with Crippen LogP contribution in [0.25, 0.3) is 0 Å². The number of aliphatic hydroxyl groups excluding tert-OH is 1. The first-order valence-electron chi connectivity index (χ1n) is 4.03. The molecule has 5 heteroatoms. The third kappa shape index (κ3) is 2.47. The maximum Gasteiger partial charge on any atom is 0.187 e. The molecular weight excluding hydrogens is 189 g/mol. The van der Waals surface area contributed by atoms with Gasteiger partial charge in [-0.05, 0) is 6.07 Å². The Hall–Kier alpha value is -1.04. The number of halogens is 1. The van der Waals surface area contributed by atoms with E-state index < -0.39 is 18.2 Å². The summed E-state index contributed by atoms with van der Waals surface area (Å²) in [5.74, 6) is -0.507. The number of aromatic nitrogens is 1. The molecule has 0 fully saturated rings. The Kier molecular flexibility index (Phi) is 3.94. The molecule has 1 aromatic heterocycles. The third-order valence-electron chi connectivity index (χ3n) is 1.79. The van der Waals surface area contributed by atoms with Gasteiger partial charge in [0.05, 0.1) is 6.20 Å². The van der Waals surface area contributed by atoms with Crippen molar-refractivity contribution in [3.8, 4) is 0 Å². The largest absolute Gasteiger partial charge is 0.383 e. The van der Waals surface area contributed by atoms with Crippen LogP contribution in [0.4, 0.5) is 4.39 Å². The maximum atomic E-state index is 12.7. The zero-order chi connectivity index (χ0) is 10.6. The van der Waals surface area contributed by atoms with Crippen LogP contribution in [0.2, 0.25) is 0 Å². The van der Waals surface area contributed by atoms with Crippen molar-refractivity contribution in [2.75, 3.05) is 14.2 Å². The molecule has 0 aliphatic heterocycles. The fourth-order valence-corrected chi connectivity index (χ4v) is 1.10. The number of rotatable bonds is 4. The van der Waals surface area contributed by atoms with E-state index in [2.05, 4.69) is 4.98 Å². The highest BCUT2D eigenvalue weighted by Crippen LogP contribution is 2.18. The average Bonchev–Trinajstić information content (AvgIpc) is 2.19. The zero-order valence-electron chi connectivity index (χ0n) is 7.98. The first kappa shape index (κ1) is 11.0. The summed E-state index contributed by atoms with van der Waals surface area (Å²) in [4.78, 5) is 3.61. The average molecular weight is 201 g/mol. The molecule has 0 aliphatic carbocycles. The van der Waals surface area contributed by atoms with Crippen LogP contribution in [-0.4, -0.2) is 30.6 Å². The fourth-order valence-electron chi connectivity index (χ4n) is 1.10. The molecule has 1 N–H and O–H groups in total. The van der Waals surface area contributed by atoms with Crippen molar-refractivity contribution in [3.05, 3.63) is 29.8 Å². The number of hydrogen-bond donors (Lipinski definition) is 1. The number of pyridine rings is 1. The van der Waals surface area contributed by atoms with Gasteiger partial charge < -0.3 is 14.6 Å². The van der Waals surface area contributed by atoms with E-state index in [0.29, 0.717) is 5.56 Å². The summed E-state index contributed by atoms with van der Waals surface area (Å²) in [6, 6.07) is 1.18. The number of hydrogen-bond acceptors (Lipinski definition) is 4. The Morgan fingerprint density at radius 3 is 2.50 bits per heavy atom. The van der Waals surface area contributed by atoms with Crippen LogP contribution in [0, 0.1) is 5.82 Å². The highest BCUT2D eigenvalue weighted by Gasteiger charge is 2.20. The van der Waals surface area contributed by atoms with Crippen molar-refractivity contribution in [1.82, 2.24) is 4.98 Å². The van der Waals surface area contributed by atoms with Gasteiger partial charge in [0, 0.05) is 26.0 Å². The molecule has 1 aromatic rings. The molecule has 14 heavy (non-hydrogen) atoms. The van der Waals surface area contributed by atoms with Crippen LogP contribution in [-0.2, 0) is 9.47 Å². The van der Waals surface area contributed by atoms with E-state index in [1.807, 2.05) is 0 Å². The smallest absolute Gasteiger partial charge is 0.187 e. The summed E-state index contributed by atoms with van der Waals surface area (Å²) < 4.78 is 22.4. The molecule has 0 bridgehead atoms. The summed E-state index contributed by atoms with van der Waals surface area (Å²) in [5.41, 5.74) is 0.318. The van der Waals surface area contributed by atoms with Crippen molar-refractivity contribution in [1.29, 1.82) is 0 Å². The SMILES string of the molecule is COC(OC)C(O)c1cncc(F)c1. The van der Waals surface area contributed by atoms with Crippen molar-refractivity contribution >= 4 is 0 Å². The minimum atomic E-state index is -1.05. The molecular formula is C9H12FNO3. The first-order chi connectivity index (χ1) is 6.69. The predicted octanol–water partition coefficient (Wildman–Crippen LogP) is 0.873. The van der Waals surface area contributed by atoms with E-state index in [-0.39, 0.29) is 0 Å². The number of ether oxygens (including phenoxy) is 2. The van der Waals surface area contributed by atoms with Gasteiger partial charge in [0.25, 0.3) is 0 Å². The van der Waals surface area contributed by atoms with Gasteiger partial charge in [0.1, 0.15) is 11.9 Å². The summed E-state index contributed by atoms with van der Waals surface area (Å²) in [6.45, 7) is 0. The van der Waals surface area contributed by atoms with Gasteiger partial charge in [-0.3, -0.25) is 4.98 Å². The molecule has 0 saturated heterocycles. The Morgan fingerprint density at radius 1 is 1.36 bits per heavy atom. The molecule has 1 heterocycles. The van der Waals surface area contributed by atoms with Gasteiger partial charge in [0.2, 0.25) is 0 Å². The van der Waals surface area contributed by atoms with Crippen molar-refractivity contribution in [2.45, 2.75) is 12.4 Å². The van der Waals surface area contributed by atoms with E-state index in [1.54, 1.807) is 0 Å². The lowest BCUT2D eigenvalue weighted by Crippen LogP contribution is -2.22. The van der Waals surface area contributed by atoms with Crippen LogP contribution in [0.1, 0.15) is 11.7 Å². The monoisotopic (exact) mass is 201 g/mol. The Morgan fingerprint density at radius 2 is 2.00 bits per heavy atom. The minimum absolute atomic E-state index is 0.318. The number of aliphatic hydroxyl groups is 1. The van der Waals surface area contributed by atoms with Crippen molar-refractivity contribution in [2.24, 2.45) is 0 Å². The van der Waals surface area contributed by atoms with Crippen LogP contribution < -0.4 is 0 Å². The second kappa shape index (κ2) is 4.99. The number of methoxy groups -OCH3 is 2. The Labute approximate surface area is 81.3 Å². The summed E-state index contributed by atoms with van der Waals surface area (Å²) in [7, 11) is 2.79. The summed E-state index contributed by atoms with van der Waals surface area (Å²) in [6.07, 6.45) is 0.552. The summed E-state index contributed by atoms with van der Waals surface area (Å²) >= 11 is 0. The molecule has 1 rings (SSSR count). The van der Waals surface area contributed by atoms with E-state index in [4.69, 9.17) is 9.47 Å². The second-order valence-corrected chi connectivity index (χ2v) is 2.72. The topological polar surface area (TPSA) is 51.6 Å². The lowest BCUT2D eigenvalue weighted by Gasteiger charge is -2.19. The van der Waals surface area contributed by atoms with Crippen LogP contribution in [0.5, 0.6) is 0 Å². The molecule has 78 valence electrons. The van der Waals surface area contributed by atoms with Gasteiger partial charge in [-0.15, -0.1) is 0 Å². The van der Waals surface area contributed by atoms with Gasteiger partial charge in [-0.1, -0.05) is 0 Å². The molecule has 0 radical (unpaired) electrons. The van der Waals surface area contributed by atoms with Gasteiger partial charge in [0.15, 0.2) is 6.29 Å². The predicted molar refractivity (Wildman–Crippen MR) is 47.0 cm³/mol. The first-order valence-corrected chi connectivity index (χ1v) is 4.03. The molecule has 0 spiro atoms. The standard InChI is InChI=1S/C9H12FNO3/c1-13-9(14-2)8(12)6-3-7(10)5-11-4-6/h3-5,8-9,12H,1-2H3. The molecule has 0 aliphatic rings. The fraction of sp³-hybridized carbons (Fsp3) is 0.444. The van der Waals surface area contributed by atoms with Gasteiger partial charge >= 0.3 is 0 Å². The maximum absolute atomic E-state index is 12.7. The molecule has 0 aromatic carbocycles. The third-order valence-corrected chi connectivity index (χ3v) is 1.79. The quantitative estimate of drug-likeness (QED) is 0.734. The van der Waals surface area contributed by atoms with E-state index in [0.717, 1.165) is 6.20 Å². The highest BCUT2D eigenvalue weighted by atomic mass is 19.1. The van der Waals surface area contributed by atoms with Crippen LogP contribution in [0.3, 0.4) is 0 Å². The molecule has 4 nitrogen and oxygen atoms in total. The normalized spacial score (nSPS) is 13.2. The minimum Gasteiger partial charge on any atom is -0.383 e. The zero-order valence-corrected chi connectivity index (χ0v) is 7.98. The van der Waals surface area contributed by atoms with Crippen LogP contribution in [0.15, 0.2) is 18.5 Å². The van der Waals surface area contributed by atoms with Crippen molar-refractivity contribution < 1.29 is 19.0 Å². The molecule has 0 saturated carbocycles. The van der Waals surface area contributed by atoms with Crippen molar-refractivity contribution in [3.63, 3.8) is 0 Å². The molecule has 0 amide bonds. The van der Waals surface area contributed by atoms with Crippen LogP contribution >= 0.6 is 0 Å². The lowest BCUT2D eigenvalue weighted by molar-refractivity contribution is -0.166. The summed E-state index contributed by atoms with van der Waals surface area (Å²) in [5, 5.41) is 9.65. The van der Waals surface area contributed by atoms with Gasteiger partial charge in [-0.2, -0.15) is 0 Å². The molecule has 1 unspecified atom stereocenters. The molecule has 1 atom stereocenters. The lowest BCUT2D eigenvalue weighted by atomic mass is 10.1. The van der Waals surface area contributed by atoms with Gasteiger partial charge in [-0.25, -0.2) is 4.39 Å². The van der Waals surface area contributed by atoms with E-state index in [9.17, 15) is 9.50 Å². The Bertz CT molecular complexity index is 291. The second-order valence-electron chi connectivity index (χ2n) is 2.72.